The third-order valence-corrected chi connectivity index (χ3v) is 3.05. The summed E-state index contributed by atoms with van der Waals surface area (Å²) in [5.41, 5.74) is -3.95. The molecule has 0 atom stereocenters. The van der Waals surface area contributed by atoms with E-state index in [4.69, 9.17) is 5.26 Å². The fourth-order valence-electron chi connectivity index (χ4n) is 1.98. The molecule has 0 heterocycles. The lowest BCUT2D eigenvalue weighted by Crippen LogP contribution is -2.09. The maximum absolute atomic E-state index is 13.2. The molecule has 0 saturated carbocycles. The van der Waals surface area contributed by atoms with Crippen LogP contribution in [0.3, 0.4) is 0 Å². The molecule has 0 N–H and O–H groups in total. The highest BCUT2D eigenvalue weighted by atomic mass is 19.4. The van der Waals surface area contributed by atoms with Gasteiger partial charge in [0, 0.05) is 0 Å². The van der Waals surface area contributed by atoms with Crippen LogP contribution >= 0.6 is 0 Å². The number of nitrogens with zero attached hydrogens (tertiary/aromatic N) is 1. The molecule has 120 valence electrons. The van der Waals surface area contributed by atoms with Crippen molar-refractivity contribution in [2.24, 2.45) is 0 Å². The molecule has 1 nitrogen and oxygen atoms in total. The number of alkyl halides is 6. The third-order valence-electron chi connectivity index (χ3n) is 3.05. The molecule has 0 aliphatic carbocycles. The summed E-state index contributed by atoms with van der Waals surface area (Å²) in [5, 5.41) is 8.68. The summed E-state index contributed by atoms with van der Waals surface area (Å²) in [5.74, 6) is -1.52. The van der Waals surface area contributed by atoms with Crippen LogP contribution in [-0.4, -0.2) is 0 Å². The Kier molecular flexibility index (Phi) is 4.07. The normalized spacial score (nSPS) is 12.1. The Balaban J connectivity index is 2.63. The quantitative estimate of drug-likeness (QED) is 0.641. The monoisotopic (exact) mass is 333 g/mol. The van der Waals surface area contributed by atoms with E-state index in [2.05, 4.69) is 0 Å². The molecular formula is C15H6F7N. The van der Waals surface area contributed by atoms with E-state index in [1.807, 2.05) is 0 Å². The number of halogens is 7. The summed E-state index contributed by atoms with van der Waals surface area (Å²) < 4.78 is 89.8. The van der Waals surface area contributed by atoms with Crippen LogP contribution in [0.1, 0.15) is 16.7 Å². The van der Waals surface area contributed by atoms with Crippen LogP contribution in [0.4, 0.5) is 30.7 Å². The summed E-state index contributed by atoms with van der Waals surface area (Å²) in [7, 11) is 0. The lowest BCUT2D eigenvalue weighted by Gasteiger charge is -2.13. The van der Waals surface area contributed by atoms with Crippen LogP contribution in [-0.2, 0) is 12.4 Å². The van der Waals surface area contributed by atoms with Gasteiger partial charge in [-0.25, -0.2) is 4.39 Å². The second-order valence-electron chi connectivity index (χ2n) is 4.56. The van der Waals surface area contributed by atoms with Gasteiger partial charge in [-0.1, -0.05) is 12.1 Å². The maximum Gasteiger partial charge on any atom is 0.419 e. The van der Waals surface area contributed by atoms with Gasteiger partial charge in [0.15, 0.2) is 0 Å². The van der Waals surface area contributed by atoms with E-state index in [-0.39, 0.29) is 11.1 Å². The molecule has 23 heavy (non-hydrogen) atoms. The Hall–Kier alpha value is -2.56. The van der Waals surface area contributed by atoms with Gasteiger partial charge in [0.1, 0.15) is 5.82 Å². The van der Waals surface area contributed by atoms with Crippen molar-refractivity contribution in [3.8, 4) is 17.2 Å². The molecule has 0 unspecified atom stereocenters. The molecule has 0 aliphatic rings. The number of rotatable bonds is 1. The molecular weight excluding hydrogens is 327 g/mol. The minimum absolute atomic E-state index is 0.207. The van der Waals surface area contributed by atoms with Gasteiger partial charge in [0.2, 0.25) is 0 Å². The SMILES string of the molecule is N#Cc1ccc(-c2ccc(F)c(C(F)(F)F)c2)cc1C(F)(F)F. The van der Waals surface area contributed by atoms with Crippen LogP contribution < -0.4 is 0 Å². The van der Waals surface area contributed by atoms with Crippen molar-refractivity contribution in [1.82, 2.24) is 0 Å². The Morgan fingerprint density at radius 1 is 0.739 bits per heavy atom. The smallest absolute Gasteiger partial charge is 0.206 e. The van der Waals surface area contributed by atoms with E-state index < -0.39 is 34.9 Å². The van der Waals surface area contributed by atoms with Gasteiger partial charge >= 0.3 is 12.4 Å². The number of nitriles is 1. The van der Waals surface area contributed by atoms with Gasteiger partial charge in [-0.15, -0.1) is 0 Å². The van der Waals surface area contributed by atoms with Gasteiger partial charge in [0.25, 0.3) is 0 Å². The maximum atomic E-state index is 13.2. The van der Waals surface area contributed by atoms with E-state index in [1.54, 1.807) is 0 Å². The largest absolute Gasteiger partial charge is 0.419 e. The van der Waals surface area contributed by atoms with E-state index in [1.165, 1.54) is 6.07 Å². The first-order valence-corrected chi connectivity index (χ1v) is 6.02. The molecule has 2 aromatic rings. The van der Waals surface area contributed by atoms with Crippen LogP contribution in [0.15, 0.2) is 36.4 Å². The molecule has 2 aromatic carbocycles. The molecule has 0 aliphatic heterocycles. The first-order valence-electron chi connectivity index (χ1n) is 6.02. The third kappa shape index (κ3) is 3.44. The van der Waals surface area contributed by atoms with Crippen LogP contribution in [0.2, 0.25) is 0 Å². The average molecular weight is 333 g/mol. The minimum Gasteiger partial charge on any atom is -0.206 e. The predicted molar refractivity (Wildman–Crippen MR) is 66.6 cm³/mol. The number of hydrogen-bond acceptors (Lipinski definition) is 1. The highest BCUT2D eigenvalue weighted by Gasteiger charge is 2.35. The van der Waals surface area contributed by atoms with Crippen molar-refractivity contribution < 1.29 is 30.7 Å². The van der Waals surface area contributed by atoms with E-state index >= 15 is 0 Å². The second-order valence-corrected chi connectivity index (χ2v) is 4.56. The highest BCUT2D eigenvalue weighted by molar-refractivity contribution is 5.67. The highest BCUT2D eigenvalue weighted by Crippen LogP contribution is 2.37. The van der Waals surface area contributed by atoms with Crippen LogP contribution in [0.5, 0.6) is 0 Å². The molecule has 2 rings (SSSR count). The molecule has 0 bridgehead atoms. The molecule has 8 heteroatoms. The summed E-state index contributed by atoms with van der Waals surface area (Å²) in [6, 6.07) is 5.75. The Labute approximate surface area is 125 Å². The predicted octanol–water partition coefficient (Wildman–Crippen LogP) is 5.40. The van der Waals surface area contributed by atoms with Crippen molar-refractivity contribution >= 4 is 0 Å². The zero-order valence-corrected chi connectivity index (χ0v) is 11.1. The van der Waals surface area contributed by atoms with Crippen molar-refractivity contribution in [3.63, 3.8) is 0 Å². The topological polar surface area (TPSA) is 23.8 Å². The van der Waals surface area contributed by atoms with E-state index in [0.29, 0.717) is 18.2 Å². The van der Waals surface area contributed by atoms with Crippen molar-refractivity contribution in [1.29, 1.82) is 5.26 Å². The van der Waals surface area contributed by atoms with Crippen molar-refractivity contribution in [2.75, 3.05) is 0 Å². The molecule has 0 amide bonds. The standard InChI is InChI=1S/C15H6F7N/c16-13-4-3-9(6-12(13)15(20,21)22)8-1-2-10(7-23)11(5-8)14(17,18)19/h1-6H. The van der Waals surface area contributed by atoms with Gasteiger partial charge in [-0.05, 0) is 35.4 Å². The average Bonchev–Trinajstić information content (AvgIpc) is 2.45. The zero-order chi connectivity index (χ0) is 17.4. The van der Waals surface area contributed by atoms with Gasteiger partial charge in [-0.2, -0.15) is 31.6 Å². The van der Waals surface area contributed by atoms with Gasteiger partial charge in [0.05, 0.1) is 22.8 Å². The summed E-state index contributed by atoms with van der Waals surface area (Å²) in [6.45, 7) is 0. The summed E-state index contributed by atoms with van der Waals surface area (Å²) >= 11 is 0. The molecule has 0 spiro atoms. The van der Waals surface area contributed by atoms with Crippen LogP contribution in [0, 0.1) is 17.1 Å². The minimum atomic E-state index is -4.97. The zero-order valence-electron chi connectivity index (χ0n) is 11.1. The first kappa shape index (κ1) is 16.8. The van der Waals surface area contributed by atoms with Gasteiger partial charge < -0.3 is 0 Å². The fraction of sp³-hybridized carbons (Fsp3) is 0.133. The van der Waals surface area contributed by atoms with Gasteiger partial charge in [-0.3, -0.25) is 0 Å². The molecule has 0 saturated heterocycles. The Bertz CT molecular complexity index is 782. The summed E-state index contributed by atoms with van der Waals surface area (Å²) in [6.07, 6.45) is -9.81. The fourth-order valence-corrected chi connectivity index (χ4v) is 1.98. The van der Waals surface area contributed by atoms with Crippen molar-refractivity contribution in [3.05, 3.63) is 58.9 Å². The Morgan fingerprint density at radius 3 is 1.70 bits per heavy atom. The lowest BCUT2D eigenvalue weighted by atomic mass is 9.97. The Morgan fingerprint density at radius 2 is 1.22 bits per heavy atom. The van der Waals surface area contributed by atoms with E-state index in [9.17, 15) is 30.7 Å². The first-order chi connectivity index (χ1) is 10.5. The second kappa shape index (κ2) is 5.57. The lowest BCUT2D eigenvalue weighted by molar-refractivity contribution is -0.140. The molecule has 0 radical (unpaired) electrons. The van der Waals surface area contributed by atoms with E-state index in [0.717, 1.165) is 18.2 Å². The number of benzene rings is 2. The number of hydrogen-bond donors (Lipinski definition) is 0. The molecule has 0 fully saturated rings. The molecule has 0 aromatic heterocycles. The van der Waals surface area contributed by atoms with Crippen molar-refractivity contribution in [2.45, 2.75) is 12.4 Å². The summed E-state index contributed by atoms with van der Waals surface area (Å²) in [4.78, 5) is 0. The van der Waals surface area contributed by atoms with Crippen LogP contribution in [0.25, 0.3) is 11.1 Å².